The summed E-state index contributed by atoms with van der Waals surface area (Å²) in [7, 11) is 0. The maximum Gasteiger partial charge on any atom is 0.344 e. The first kappa shape index (κ1) is 15.4. The van der Waals surface area contributed by atoms with Gasteiger partial charge in [-0.1, -0.05) is 19.3 Å². The van der Waals surface area contributed by atoms with E-state index in [2.05, 4.69) is 5.32 Å². The molecule has 1 atom stereocenters. The SMILES string of the molecule is C[C@H](Oc1ccc(C(=O)NC2CCCCC2)cc1)C(=O)O. The van der Waals surface area contributed by atoms with E-state index in [-0.39, 0.29) is 11.9 Å². The van der Waals surface area contributed by atoms with E-state index < -0.39 is 12.1 Å². The van der Waals surface area contributed by atoms with E-state index in [4.69, 9.17) is 9.84 Å². The van der Waals surface area contributed by atoms with E-state index in [1.807, 2.05) is 0 Å². The number of nitrogens with one attached hydrogen (secondary N) is 1. The van der Waals surface area contributed by atoms with Crippen molar-refractivity contribution in [3.63, 3.8) is 0 Å². The van der Waals surface area contributed by atoms with Crippen LogP contribution in [0.4, 0.5) is 0 Å². The molecule has 1 aliphatic carbocycles. The lowest BCUT2D eigenvalue weighted by atomic mass is 9.95. The molecule has 1 aromatic rings. The van der Waals surface area contributed by atoms with Crippen molar-refractivity contribution in [1.29, 1.82) is 0 Å². The average molecular weight is 291 g/mol. The van der Waals surface area contributed by atoms with Crippen LogP contribution in [0, 0.1) is 0 Å². The van der Waals surface area contributed by atoms with Crippen molar-refractivity contribution in [3.05, 3.63) is 29.8 Å². The van der Waals surface area contributed by atoms with E-state index in [9.17, 15) is 9.59 Å². The molecule has 5 nitrogen and oxygen atoms in total. The standard InChI is InChI=1S/C16H21NO4/c1-11(16(19)20)21-14-9-7-12(8-10-14)15(18)17-13-5-3-2-4-6-13/h7-11,13H,2-6H2,1H3,(H,17,18)(H,19,20)/t11-/m0/s1. The van der Waals surface area contributed by atoms with Gasteiger partial charge in [-0.3, -0.25) is 4.79 Å². The molecule has 1 saturated carbocycles. The Bertz CT molecular complexity index is 492. The third kappa shape index (κ3) is 4.48. The fourth-order valence-corrected chi connectivity index (χ4v) is 2.46. The summed E-state index contributed by atoms with van der Waals surface area (Å²) in [6, 6.07) is 6.82. The fraction of sp³-hybridized carbons (Fsp3) is 0.500. The summed E-state index contributed by atoms with van der Waals surface area (Å²) in [5.41, 5.74) is 0.566. The number of carbonyl (C=O) groups is 2. The molecule has 0 radical (unpaired) electrons. The third-order valence-electron chi connectivity index (χ3n) is 3.72. The van der Waals surface area contributed by atoms with Crippen molar-refractivity contribution in [3.8, 4) is 5.75 Å². The number of carboxylic acids is 1. The Morgan fingerprint density at radius 3 is 2.38 bits per heavy atom. The molecule has 1 amide bonds. The second-order valence-electron chi connectivity index (χ2n) is 5.43. The first-order valence-electron chi connectivity index (χ1n) is 7.36. The largest absolute Gasteiger partial charge is 0.479 e. The van der Waals surface area contributed by atoms with Crippen LogP contribution < -0.4 is 10.1 Å². The monoisotopic (exact) mass is 291 g/mol. The molecule has 21 heavy (non-hydrogen) atoms. The van der Waals surface area contributed by atoms with Crippen molar-refractivity contribution >= 4 is 11.9 Å². The highest BCUT2D eigenvalue weighted by molar-refractivity contribution is 5.94. The molecule has 2 N–H and O–H groups in total. The minimum Gasteiger partial charge on any atom is -0.479 e. The Kier molecular flexibility index (Phi) is 5.20. The van der Waals surface area contributed by atoms with Crippen LogP contribution in [0.1, 0.15) is 49.4 Å². The van der Waals surface area contributed by atoms with E-state index in [1.54, 1.807) is 24.3 Å². The Labute approximate surface area is 124 Å². The molecule has 1 aromatic carbocycles. The molecule has 2 rings (SSSR count). The number of rotatable bonds is 5. The Morgan fingerprint density at radius 2 is 1.81 bits per heavy atom. The van der Waals surface area contributed by atoms with Crippen molar-refractivity contribution in [1.82, 2.24) is 5.32 Å². The zero-order chi connectivity index (χ0) is 15.2. The fourth-order valence-electron chi connectivity index (χ4n) is 2.46. The minimum atomic E-state index is -1.02. The highest BCUT2D eigenvalue weighted by Gasteiger charge is 2.17. The summed E-state index contributed by atoms with van der Waals surface area (Å²) in [5, 5.41) is 11.8. The maximum atomic E-state index is 12.1. The number of carbonyl (C=O) groups excluding carboxylic acids is 1. The zero-order valence-electron chi connectivity index (χ0n) is 12.2. The summed E-state index contributed by atoms with van der Waals surface area (Å²) in [6.45, 7) is 1.46. The molecular weight excluding hydrogens is 270 g/mol. The van der Waals surface area contributed by atoms with Crippen LogP contribution in [0.2, 0.25) is 0 Å². The molecule has 0 spiro atoms. The molecule has 114 valence electrons. The summed E-state index contributed by atoms with van der Waals surface area (Å²) in [4.78, 5) is 22.8. The number of amides is 1. The molecule has 5 heteroatoms. The zero-order valence-corrected chi connectivity index (χ0v) is 12.2. The van der Waals surface area contributed by atoms with Crippen LogP contribution >= 0.6 is 0 Å². The topological polar surface area (TPSA) is 75.6 Å². The van der Waals surface area contributed by atoms with Crippen molar-refractivity contribution in [2.45, 2.75) is 51.2 Å². The molecule has 0 bridgehead atoms. The van der Waals surface area contributed by atoms with Crippen LogP contribution in [-0.2, 0) is 4.79 Å². The van der Waals surface area contributed by atoms with Gasteiger partial charge in [-0.25, -0.2) is 4.79 Å². The summed E-state index contributed by atoms with van der Waals surface area (Å²) in [6.07, 6.45) is 4.77. The van der Waals surface area contributed by atoms with Gasteiger partial charge in [-0.15, -0.1) is 0 Å². The average Bonchev–Trinajstić information content (AvgIpc) is 2.48. The highest BCUT2D eigenvalue weighted by Crippen LogP contribution is 2.18. The van der Waals surface area contributed by atoms with Crippen LogP contribution in [0.3, 0.4) is 0 Å². The predicted octanol–water partition coefficient (Wildman–Crippen LogP) is 2.60. The van der Waals surface area contributed by atoms with Gasteiger partial charge >= 0.3 is 5.97 Å². The van der Waals surface area contributed by atoms with Crippen LogP contribution in [0.25, 0.3) is 0 Å². The number of ether oxygens (including phenoxy) is 1. The molecule has 1 fully saturated rings. The normalized spacial score (nSPS) is 17.0. The molecule has 0 heterocycles. The van der Waals surface area contributed by atoms with Crippen LogP contribution in [-0.4, -0.2) is 29.1 Å². The van der Waals surface area contributed by atoms with E-state index in [0.29, 0.717) is 11.3 Å². The Balaban J connectivity index is 1.91. The van der Waals surface area contributed by atoms with Gasteiger partial charge in [0.25, 0.3) is 5.91 Å². The van der Waals surface area contributed by atoms with Gasteiger partial charge in [-0.05, 0) is 44.0 Å². The van der Waals surface area contributed by atoms with Gasteiger partial charge in [0.05, 0.1) is 0 Å². The lowest BCUT2D eigenvalue weighted by molar-refractivity contribution is -0.144. The lowest BCUT2D eigenvalue weighted by Gasteiger charge is -2.22. The second kappa shape index (κ2) is 7.11. The van der Waals surface area contributed by atoms with Gasteiger partial charge in [0.2, 0.25) is 0 Å². The molecule has 1 aliphatic rings. The molecule has 0 aliphatic heterocycles. The van der Waals surface area contributed by atoms with Crippen LogP contribution in [0.5, 0.6) is 5.75 Å². The van der Waals surface area contributed by atoms with Crippen molar-refractivity contribution in [2.24, 2.45) is 0 Å². The minimum absolute atomic E-state index is 0.0836. The first-order valence-corrected chi connectivity index (χ1v) is 7.36. The predicted molar refractivity (Wildman–Crippen MR) is 78.5 cm³/mol. The molecule has 0 aromatic heterocycles. The van der Waals surface area contributed by atoms with Gasteiger partial charge in [0, 0.05) is 11.6 Å². The third-order valence-corrected chi connectivity index (χ3v) is 3.72. The summed E-state index contributed by atoms with van der Waals surface area (Å²) < 4.78 is 5.23. The van der Waals surface area contributed by atoms with E-state index >= 15 is 0 Å². The van der Waals surface area contributed by atoms with Crippen molar-refractivity contribution in [2.75, 3.05) is 0 Å². The number of hydrogen-bond donors (Lipinski definition) is 2. The highest BCUT2D eigenvalue weighted by atomic mass is 16.5. The number of aliphatic carboxylic acids is 1. The smallest absolute Gasteiger partial charge is 0.344 e. The molecular formula is C16H21NO4. The van der Waals surface area contributed by atoms with Gasteiger partial charge in [-0.2, -0.15) is 0 Å². The maximum absolute atomic E-state index is 12.1. The van der Waals surface area contributed by atoms with Crippen molar-refractivity contribution < 1.29 is 19.4 Å². The first-order chi connectivity index (χ1) is 10.1. The quantitative estimate of drug-likeness (QED) is 0.874. The Hall–Kier alpha value is -2.04. The number of hydrogen-bond acceptors (Lipinski definition) is 3. The van der Waals surface area contributed by atoms with Gasteiger partial charge in [0.1, 0.15) is 5.75 Å². The Morgan fingerprint density at radius 1 is 1.19 bits per heavy atom. The van der Waals surface area contributed by atoms with E-state index in [0.717, 1.165) is 12.8 Å². The molecule has 0 saturated heterocycles. The van der Waals surface area contributed by atoms with Crippen LogP contribution in [0.15, 0.2) is 24.3 Å². The number of benzene rings is 1. The molecule has 0 unspecified atom stereocenters. The lowest BCUT2D eigenvalue weighted by Crippen LogP contribution is -2.36. The second-order valence-corrected chi connectivity index (χ2v) is 5.43. The summed E-state index contributed by atoms with van der Waals surface area (Å²) in [5.74, 6) is -0.659. The van der Waals surface area contributed by atoms with Gasteiger partial charge in [0.15, 0.2) is 6.10 Å². The van der Waals surface area contributed by atoms with Gasteiger partial charge < -0.3 is 15.2 Å². The number of carboxylic acid groups (broad SMARTS) is 1. The summed E-state index contributed by atoms with van der Waals surface area (Å²) >= 11 is 0. The van der Waals surface area contributed by atoms with E-state index in [1.165, 1.54) is 26.2 Å².